The first-order valence-corrected chi connectivity index (χ1v) is 12.4. The zero-order valence-electron chi connectivity index (χ0n) is 21.4. The van der Waals surface area contributed by atoms with Crippen molar-refractivity contribution >= 4 is 11.4 Å². The number of benzene rings is 4. The molecule has 0 fully saturated rings. The SMILES string of the molecule is Cc1ccccc1N1C=CN(c2c(-c3ccccc3)cc(C(C)(C)C)cc2-c2ccccc2)[C@@H]1C. The molecule has 2 nitrogen and oxygen atoms in total. The van der Waals surface area contributed by atoms with E-state index < -0.39 is 0 Å². The maximum absolute atomic E-state index is 2.43. The van der Waals surface area contributed by atoms with E-state index in [1.807, 2.05) is 0 Å². The highest BCUT2D eigenvalue weighted by Gasteiger charge is 2.30. The predicted molar refractivity (Wildman–Crippen MR) is 151 cm³/mol. The third-order valence-corrected chi connectivity index (χ3v) is 6.99. The number of aryl methyl sites for hydroxylation is 1. The van der Waals surface area contributed by atoms with Gasteiger partial charge in [0.25, 0.3) is 0 Å². The van der Waals surface area contributed by atoms with E-state index in [2.05, 4.69) is 154 Å². The third kappa shape index (κ3) is 4.37. The molecule has 1 atom stereocenters. The van der Waals surface area contributed by atoms with Crippen LogP contribution >= 0.6 is 0 Å². The van der Waals surface area contributed by atoms with Gasteiger partial charge in [-0.3, -0.25) is 0 Å². The average molecular weight is 459 g/mol. The lowest BCUT2D eigenvalue weighted by atomic mass is 9.82. The predicted octanol–water partition coefficient (Wildman–Crippen LogP) is 8.77. The lowest BCUT2D eigenvalue weighted by molar-refractivity contribution is 0.590. The first-order valence-electron chi connectivity index (χ1n) is 12.4. The van der Waals surface area contributed by atoms with Crippen LogP contribution in [0.1, 0.15) is 38.8 Å². The van der Waals surface area contributed by atoms with Crippen molar-refractivity contribution in [2.24, 2.45) is 0 Å². The van der Waals surface area contributed by atoms with Crippen LogP contribution in [0.5, 0.6) is 0 Å². The van der Waals surface area contributed by atoms with Crippen LogP contribution in [0, 0.1) is 6.92 Å². The molecule has 0 aromatic heterocycles. The van der Waals surface area contributed by atoms with Crippen LogP contribution in [0.15, 0.2) is 109 Å². The lowest BCUT2D eigenvalue weighted by Gasteiger charge is -2.34. The van der Waals surface area contributed by atoms with E-state index in [1.165, 1.54) is 44.8 Å². The van der Waals surface area contributed by atoms with E-state index in [1.54, 1.807) is 0 Å². The molecule has 0 aliphatic carbocycles. The molecule has 5 rings (SSSR count). The summed E-state index contributed by atoms with van der Waals surface area (Å²) in [5.41, 5.74) is 10.1. The Morgan fingerprint density at radius 2 is 1.11 bits per heavy atom. The highest BCUT2D eigenvalue weighted by molar-refractivity contribution is 5.93. The van der Waals surface area contributed by atoms with Gasteiger partial charge in [-0.05, 0) is 59.7 Å². The number of hydrogen-bond acceptors (Lipinski definition) is 2. The maximum Gasteiger partial charge on any atom is 0.107 e. The quantitative estimate of drug-likeness (QED) is 0.301. The van der Waals surface area contributed by atoms with Crippen LogP contribution in [0.2, 0.25) is 0 Å². The molecular weight excluding hydrogens is 424 g/mol. The van der Waals surface area contributed by atoms with Crippen molar-refractivity contribution in [1.29, 1.82) is 0 Å². The van der Waals surface area contributed by atoms with Crippen molar-refractivity contribution in [1.82, 2.24) is 0 Å². The molecule has 4 aromatic rings. The monoisotopic (exact) mass is 458 g/mol. The van der Waals surface area contributed by atoms with Crippen molar-refractivity contribution in [3.8, 4) is 22.3 Å². The molecule has 0 saturated carbocycles. The van der Waals surface area contributed by atoms with Crippen LogP contribution < -0.4 is 9.80 Å². The van der Waals surface area contributed by atoms with Crippen LogP contribution in [-0.2, 0) is 5.41 Å². The summed E-state index contributed by atoms with van der Waals surface area (Å²) in [7, 11) is 0. The standard InChI is InChI=1S/C33H34N2/c1-24-14-12-13-19-31(24)34-20-21-35(25(34)2)32-29(26-15-8-6-9-16-26)22-28(33(3,4)5)23-30(32)27-17-10-7-11-18-27/h6-23,25H,1-5H3/t25-/m1/s1. The molecule has 1 heterocycles. The van der Waals surface area contributed by atoms with Crippen molar-refractivity contribution in [2.45, 2.75) is 46.2 Å². The minimum absolute atomic E-state index is 0.0330. The van der Waals surface area contributed by atoms with E-state index in [-0.39, 0.29) is 11.6 Å². The van der Waals surface area contributed by atoms with Gasteiger partial charge in [0.1, 0.15) is 6.17 Å². The van der Waals surface area contributed by atoms with E-state index >= 15 is 0 Å². The average Bonchev–Trinajstić information content (AvgIpc) is 3.24. The molecule has 0 amide bonds. The Balaban J connectivity index is 1.75. The van der Waals surface area contributed by atoms with Crippen LogP contribution in [-0.4, -0.2) is 6.17 Å². The Morgan fingerprint density at radius 3 is 1.63 bits per heavy atom. The molecule has 4 aromatic carbocycles. The van der Waals surface area contributed by atoms with Gasteiger partial charge >= 0.3 is 0 Å². The topological polar surface area (TPSA) is 6.48 Å². The molecule has 0 saturated heterocycles. The largest absolute Gasteiger partial charge is 0.325 e. The second kappa shape index (κ2) is 9.11. The molecule has 0 radical (unpaired) electrons. The highest BCUT2D eigenvalue weighted by atomic mass is 15.4. The molecular formula is C33H34N2. The van der Waals surface area contributed by atoms with Gasteiger partial charge in [0.15, 0.2) is 0 Å². The van der Waals surface area contributed by atoms with Crippen LogP contribution in [0.25, 0.3) is 22.3 Å². The fourth-order valence-electron chi connectivity index (χ4n) is 4.94. The summed E-state index contributed by atoms with van der Waals surface area (Å²) in [6, 6.07) is 35.0. The Bertz CT molecular complexity index is 1290. The smallest absolute Gasteiger partial charge is 0.107 e. The maximum atomic E-state index is 2.43. The molecule has 0 spiro atoms. The van der Waals surface area contributed by atoms with E-state index in [0.29, 0.717) is 0 Å². The summed E-state index contributed by atoms with van der Waals surface area (Å²) in [6.45, 7) is 11.4. The van der Waals surface area contributed by atoms with Crippen LogP contribution in [0.4, 0.5) is 11.4 Å². The third-order valence-electron chi connectivity index (χ3n) is 6.99. The van der Waals surface area contributed by atoms with Gasteiger partial charge in [-0.15, -0.1) is 0 Å². The summed E-state index contributed by atoms with van der Waals surface area (Å²) in [5.74, 6) is 0. The summed E-state index contributed by atoms with van der Waals surface area (Å²) in [4.78, 5) is 4.81. The summed E-state index contributed by atoms with van der Waals surface area (Å²) >= 11 is 0. The van der Waals surface area contributed by atoms with Crippen molar-refractivity contribution in [2.75, 3.05) is 9.80 Å². The fraction of sp³-hybridized carbons (Fsp3) is 0.212. The first-order chi connectivity index (χ1) is 16.8. The van der Waals surface area contributed by atoms with Crippen molar-refractivity contribution in [3.05, 3.63) is 121 Å². The Hall–Kier alpha value is -3.78. The van der Waals surface area contributed by atoms with E-state index in [9.17, 15) is 0 Å². The second-order valence-electron chi connectivity index (χ2n) is 10.4. The molecule has 0 N–H and O–H groups in total. The van der Waals surface area contributed by atoms with Crippen molar-refractivity contribution < 1.29 is 0 Å². The molecule has 0 bridgehead atoms. The molecule has 1 aliphatic rings. The Kier molecular flexibility index (Phi) is 5.98. The molecule has 2 heteroatoms. The summed E-state index contributed by atoms with van der Waals surface area (Å²) in [6.07, 6.45) is 4.59. The Morgan fingerprint density at radius 1 is 0.629 bits per heavy atom. The van der Waals surface area contributed by atoms with Gasteiger partial charge in [-0.25, -0.2) is 0 Å². The number of nitrogens with zero attached hydrogens (tertiary/aromatic N) is 2. The summed E-state index contributed by atoms with van der Waals surface area (Å²) < 4.78 is 0. The fourth-order valence-corrected chi connectivity index (χ4v) is 4.94. The molecule has 0 unspecified atom stereocenters. The van der Waals surface area contributed by atoms with Gasteiger partial charge in [0.05, 0.1) is 5.69 Å². The van der Waals surface area contributed by atoms with Crippen molar-refractivity contribution in [3.63, 3.8) is 0 Å². The lowest BCUT2D eigenvalue weighted by Crippen LogP contribution is -2.36. The number of para-hydroxylation sites is 1. The molecule has 176 valence electrons. The Labute approximate surface area is 210 Å². The number of hydrogen-bond donors (Lipinski definition) is 0. The van der Waals surface area contributed by atoms with Gasteiger partial charge in [0.2, 0.25) is 0 Å². The second-order valence-corrected chi connectivity index (χ2v) is 10.4. The van der Waals surface area contributed by atoms with Gasteiger partial charge in [-0.1, -0.05) is 99.6 Å². The van der Waals surface area contributed by atoms with E-state index in [4.69, 9.17) is 0 Å². The van der Waals surface area contributed by atoms with Gasteiger partial charge in [-0.2, -0.15) is 0 Å². The van der Waals surface area contributed by atoms with Gasteiger partial charge < -0.3 is 9.80 Å². The number of rotatable bonds is 4. The minimum atomic E-state index is 0.0330. The van der Waals surface area contributed by atoms with Crippen LogP contribution in [0.3, 0.4) is 0 Å². The highest BCUT2D eigenvalue weighted by Crippen LogP contribution is 2.45. The normalized spacial score (nSPS) is 15.6. The molecule has 1 aliphatic heterocycles. The first kappa shape index (κ1) is 23.0. The minimum Gasteiger partial charge on any atom is -0.325 e. The summed E-state index contributed by atoms with van der Waals surface area (Å²) in [5, 5.41) is 0. The van der Waals surface area contributed by atoms with E-state index in [0.717, 1.165) is 0 Å². The molecule has 35 heavy (non-hydrogen) atoms. The zero-order valence-corrected chi connectivity index (χ0v) is 21.4. The number of anilines is 2. The van der Waals surface area contributed by atoms with Gasteiger partial charge in [0, 0.05) is 29.2 Å². The zero-order chi connectivity index (χ0) is 24.6.